The molecule has 9 heteroatoms. The van der Waals surface area contributed by atoms with Gasteiger partial charge in [0, 0.05) is 20.2 Å². The zero-order valence-corrected chi connectivity index (χ0v) is 17.9. The molecule has 0 saturated heterocycles. The van der Waals surface area contributed by atoms with Crippen LogP contribution >= 0.6 is 0 Å². The van der Waals surface area contributed by atoms with Crippen molar-refractivity contribution in [3.63, 3.8) is 0 Å². The monoisotopic (exact) mass is 419 g/mol. The van der Waals surface area contributed by atoms with Crippen molar-refractivity contribution in [2.75, 3.05) is 12.4 Å². The van der Waals surface area contributed by atoms with Crippen LogP contribution in [0.5, 0.6) is 0 Å². The highest BCUT2D eigenvalue weighted by atomic mass is 16.5. The molecule has 0 radical (unpaired) electrons. The summed E-state index contributed by atoms with van der Waals surface area (Å²) >= 11 is 0. The minimum absolute atomic E-state index is 0.0341. The summed E-state index contributed by atoms with van der Waals surface area (Å²) in [7, 11) is 3.53. The van der Waals surface area contributed by atoms with E-state index in [0.717, 1.165) is 59.2 Å². The molecule has 0 unspecified atom stereocenters. The van der Waals surface area contributed by atoms with Gasteiger partial charge in [-0.1, -0.05) is 0 Å². The van der Waals surface area contributed by atoms with Gasteiger partial charge in [-0.3, -0.25) is 4.79 Å². The average molecular weight is 419 g/mol. The molecular weight excluding hydrogens is 394 g/mol. The lowest BCUT2D eigenvalue weighted by Crippen LogP contribution is -2.23. The SMILES string of the molecule is COC1CCC(c2cc(=O)n(C)c3cnc(Nc4cn5ncnc5cc4C)nc23)CC1. The summed E-state index contributed by atoms with van der Waals surface area (Å²) in [5, 5.41) is 7.51. The quantitative estimate of drug-likeness (QED) is 0.543. The van der Waals surface area contributed by atoms with Crippen molar-refractivity contribution in [2.24, 2.45) is 7.05 Å². The van der Waals surface area contributed by atoms with Gasteiger partial charge in [-0.05, 0) is 55.7 Å². The fourth-order valence-corrected chi connectivity index (χ4v) is 4.44. The number of nitrogens with one attached hydrogen (secondary N) is 1. The van der Waals surface area contributed by atoms with Crippen LogP contribution in [0.25, 0.3) is 16.7 Å². The fourth-order valence-electron chi connectivity index (χ4n) is 4.44. The second-order valence-electron chi connectivity index (χ2n) is 8.19. The number of hydrogen-bond acceptors (Lipinski definition) is 7. The molecule has 0 amide bonds. The molecule has 4 aromatic heterocycles. The molecule has 5 rings (SSSR count). The van der Waals surface area contributed by atoms with E-state index in [9.17, 15) is 4.79 Å². The molecule has 0 aliphatic heterocycles. The fraction of sp³-hybridized carbons (Fsp3) is 0.409. The second-order valence-corrected chi connectivity index (χ2v) is 8.19. The zero-order valence-electron chi connectivity index (χ0n) is 17.9. The zero-order chi connectivity index (χ0) is 21.5. The van der Waals surface area contributed by atoms with E-state index in [4.69, 9.17) is 9.72 Å². The Balaban J connectivity index is 1.55. The van der Waals surface area contributed by atoms with E-state index in [-0.39, 0.29) is 5.56 Å². The number of aromatic nitrogens is 6. The molecule has 1 fully saturated rings. The lowest BCUT2D eigenvalue weighted by Gasteiger charge is -2.28. The molecule has 1 N–H and O–H groups in total. The molecule has 1 saturated carbocycles. The molecular formula is C22H25N7O2. The van der Waals surface area contributed by atoms with Crippen LogP contribution in [0, 0.1) is 6.92 Å². The Labute approximate surface area is 179 Å². The minimum Gasteiger partial charge on any atom is -0.381 e. The van der Waals surface area contributed by atoms with Gasteiger partial charge >= 0.3 is 0 Å². The highest BCUT2D eigenvalue weighted by Gasteiger charge is 2.25. The van der Waals surface area contributed by atoms with Crippen molar-refractivity contribution in [3.05, 3.63) is 52.3 Å². The third-order valence-electron chi connectivity index (χ3n) is 6.33. The Bertz CT molecular complexity index is 1320. The first-order valence-electron chi connectivity index (χ1n) is 10.5. The van der Waals surface area contributed by atoms with Crippen LogP contribution in [-0.4, -0.2) is 42.3 Å². The Morgan fingerprint density at radius 3 is 2.74 bits per heavy atom. The molecule has 9 nitrogen and oxygen atoms in total. The van der Waals surface area contributed by atoms with Gasteiger partial charge in [-0.15, -0.1) is 0 Å². The number of anilines is 2. The maximum absolute atomic E-state index is 12.6. The summed E-state index contributed by atoms with van der Waals surface area (Å²) in [6.07, 6.45) is 9.37. The van der Waals surface area contributed by atoms with E-state index in [1.165, 1.54) is 6.33 Å². The molecule has 0 aromatic carbocycles. The summed E-state index contributed by atoms with van der Waals surface area (Å²) in [6, 6.07) is 3.70. The molecule has 0 atom stereocenters. The Hall–Kier alpha value is -3.33. The van der Waals surface area contributed by atoms with Crippen molar-refractivity contribution < 1.29 is 4.74 Å². The number of rotatable bonds is 4. The average Bonchev–Trinajstić information content (AvgIpc) is 3.23. The normalized spacial score (nSPS) is 19.2. The number of pyridine rings is 2. The van der Waals surface area contributed by atoms with E-state index in [2.05, 4.69) is 20.4 Å². The van der Waals surface area contributed by atoms with Crippen LogP contribution in [0.4, 0.5) is 11.6 Å². The number of aryl methyl sites for hydroxylation is 2. The maximum Gasteiger partial charge on any atom is 0.251 e. The molecule has 160 valence electrons. The van der Waals surface area contributed by atoms with Gasteiger partial charge in [0.05, 0.1) is 35.2 Å². The van der Waals surface area contributed by atoms with Gasteiger partial charge in [-0.25, -0.2) is 19.5 Å². The highest BCUT2D eigenvalue weighted by Crippen LogP contribution is 2.36. The summed E-state index contributed by atoms with van der Waals surface area (Å²) in [6.45, 7) is 2.00. The van der Waals surface area contributed by atoms with Crippen molar-refractivity contribution >= 4 is 28.3 Å². The van der Waals surface area contributed by atoms with Crippen LogP contribution in [0.2, 0.25) is 0 Å². The summed E-state index contributed by atoms with van der Waals surface area (Å²) in [5.41, 5.74) is 5.18. The van der Waals surface area contributed by atoms with Crippen LogP contribution in [0.3, 0.4) is 0 Å². The van der Waals surface area contributed by atoms with E-state index < -0.39 is 0 Å². The number of ether oxygens (including phenoxy) is 1. The Morgan fingerprint density at radius 2 is 1.97 bits per heavy atom. The van der Waals surface area contributed by atoms with Crippen molar-refractivity contribution in [1.29, 1.82) is 0 Å². The smallest absolute Gasteiger partial charge is 0.251 e. The molecule has 0 spiro atoms. The van der Waals surface area contributed by atoms with Crippen molar-refractivity contribution in [2.45, 2.75) is 44.6 Å². The van der Waals surface area contributed by atoms with Crippen LogP contribution in [0.15, 0.2) is 35.6 Å². The van der Waals surface area contributed by atoms with Gasteiger partial charge in [0.2, 0.25) is 5.95 Å². The van der Waals surface area contributed by atoms with Crippen LogP contribution in [-0.2, 0) is 11.8 Å². The molecule has 1 aliphatic rings. The Morgan fingerprint density at radius 1 is 1.16 bits per heavy atom. The number of nitrogens with zero attached hydrogens (tertiary/aromatic N) is 6. The van der Waals surface area contributed by atoms with E-state index in [1.54, 1.807) is 35.5 Å². The van der Waals surface area contributed by atoms with Gasteiger partial charge in [0.25, 0.3) is 5.56 Å². The van der Waals surface area contributed by atoms with Crippen LogP contribution in [0.1, 0.15) is 42.7 Å². The van der Waals surface area contributed by atoms with Crippen LogP contribution < -0.4 is 10.9 Å². The maximum atomic E-state index is 12.6. The standard InChI is InChI=1S/C22H25N7O2/c1-13-8-19-24-12-25-29(19)11-17(13)26-22-23-10-18-21(27-22)16(9-20(30)28(18)2)14-4-6-15(31-3)7-5-14/h8-12,14-15H,4-7H2,1-3H3,(H,23,26,27). The number of hydrogen-bond donors (Lipinski definition) is 1. The summed E-state index contributed by atoms with van der Waals surface area (Å²) in [5.74, 6) is 0.777. The predicted octanol–water partition coefficient (Wildman–Crippen LogP) is 3.10. The lowest BCUT2D eigenvalue weighted by atomic mass is 9.82. The van der Waals surface area contributed by atoms with E-state index in [0.29, 0.717) is 18.0 Å². The molecule has 4 heterocycles. The van der Waals surface area contributed by atoms with E-state index >= 15 is 0 Å². The number of fused-ring (bicyclic) bond motifs is 2. The largest absolute Gasteiger partial charge is 0.381 e. The second kappa shape index (κ2) is 7.73. The summed E-state index contributed by atoms with van der Waals surface area (Å²) in [4.78, 5) is 26.1. The summed E-state index contributed by atoms with van der Waals surface area (Å²) < 4.78 is 8.83. The third-order valence-corrected chi connectivity index (χ3v) is 6.33. The molecule has 31 heavy (non-hydrogen) atoms. The van der Waals surface area contributed by atoms with Gasteiger partial charge < -0.3 is 14.6 Å². The van der Waals surface area contributed by atoms with Crippen molar-refractivity contribution in [1.82, 2.24) is 29.1 Å². The first-order chi connectivity index (χ1) is 15.0. The molecule has 0 bridgehead atoms. The first-order valence-corrected chi connectivity index (χ1v) is 10.5. The first kappa shape index (κ1) is 19.6. The number of methoxy groups -OCH3 is 1. The van der Waals surface area contributed by atoms with Gasteiger partial charge in [-0.2, -0.15) is 5.10 Å². The van der Waals surface area contributed by atoms with Gasteiger partial charge in [0.15, 0.2) is 5.65 Å². The highest BCUT2D eigenvalue weighted by molar-refractivity contribution is 5.80. The van der Waals surface area contributed by atoms with E-state index in [1.807, 2.05) is 19.2 Å². The van der Waals surface area contributed by atoms with Crippen molar-refractivity contribution in [3.8, 4) is 0 Å². The van der Waals surface area contributed by atoms with Gasteiger partial charge in [0.1, 0.15) is 6.33 Å². The third kappa shape index (κ3) is 3.54. The topological polar surface area (TPSA) is 99.2 Å². The molecule has 4 aromatic rings. The predicted molar refractivity (Wildman–Crippen MR) is 118 cm³/mol. The Kier molecular flexibility index (Phi) is 4.90. The molecule has 1 aliphatic carbocycles. The minimum atomic E-state index is -0.0341. The lowest BCUT2D eigenvalue weighted by molar-refractivity contribution is 0.0659.